The number of carboxylic acids is 1. The summed E-state index contributed by atoms with van der Waals surface area (Å²) in [4.78, 5) is 10.9. The summed E-state index contributed by atoms with van der Waals surface area (Å²) >= 11 is 0. The van der Waals surface area contributed by atoms with Gasteiger partial charge >= 0.3 is 5.97 Å². The normalized spacial score (nSPS) is 17.8. The maximum Gasteiger partial charge on any atom is 0.314 e. The second-order valence-corrected chi connectivity index (χ2v) is 3.62. The van der Waals surface area contributed by atoms with E-state index < -0.39 is 17.2 Å². The molecule has 1 fully saturated rings. The van der Waals surface area contributed by atoms with Crippen LogP contribution in [0.5, 0.6) is 0 Å². The summed E-state index contributed by atoms with van der Waals surface area (Å²) in [6, 6.07) is 4.12. The molecule has 2 rings (SSSR count). The summed E-state index contributed by atoms with van der Waals surface area (Å²) < 4.78 is 12.8. The van der Waals surface area contributed by atoms with Gasteiger partial charge in [-0.15, -0.1) is 0 Å². The predicted octanol–water partition coefficient (Wildman–Crippen LogP) is 1.52. The molecule has 14 heavy (non-hydrogen) atoms. The second-order valence-electron chi connectivity index (χ2n) is 3.62. The Hall–Kier alpha value is -1.58. The van der Waals surface area contributed by atoms with Gasteiger partial charge in [-0.2, -0.15) is 0 Å². The Balaban J connectivity index is 2.43. The smallest absolute Gasteiger partial charge is 0.314 e. The lowest BCUT2D eigenvalue weighted by molar-refractivity contribution is -0.140. The van der Waals surface area contributed by atoms with Crippen LogP contribution in [0.3, 0.4) is 0 Å². The molecule has 1 aliphatic rings. The number of carboxylic acid groups (broad SMARTS) is 1. The number of carbonyl (C=O) groups is 1. The number of rotatable bonds is 2. The third kappa shape index (κ3) is 1.14. The Morgan fingerprint density at radius 1 is 1.50 bits per heavy atom. The molecule has 0 unspecified atom stereocenters. The highest BCUT2D eigenvalue weighted by Crippen LogP contribution is 2.48. The van der Waals surface area contributed by atoms with Gasteiger partial charge < -0.3 is 10.8 Å². The number of benzene rings is 1. The van der Waals surface area contributed by atoms with E-state index in [2.05, 4.69) is 0 Å². The molecular formula is C10H10FNO2. The third-order valence-electron chi connectivity index (χ3n) is 2.71. The van der Waals surface area contributed by atoms with Crippen molar-refractivity contribution in [3.8, 4) is 0 Å². The van der Waals surface area contributed by atoms with E-state index in [0.717, 1.165) is 0 Å². The van der Waals surface area contributed by atoms with Crippen LogP contribution < -0.4 is 5.73 Å². The van der Waals surface area contributed by atoms with Crippen molar-refractivity contribution in [1.82, 2.24) is 0 Å². The Morgan fingerprint density at radius 3 is 2.57 bits per heavy atom. The molecule has 3 nitrogen and oxygen atoms in total. The highest BCUT2D eigenvalue weighted by Gasteiger charge is 2.51. The summed E-state index contributed by atoms with van der Waals surface area (Å²) in [6.07, 6.45) is 1.21. The number of anilines is 1. The van der Waals surface area contributed by atoms with E-state index in [1.807, 2.05) is 0 Å². The second kappa shape index (κ2) is 2.70. The molecular weight excluding hydrogens is 185 g/mol. The molecule has 0 aliphatic heterocycles. The fourth-order valence-electron chi connectivity index (χ4n) is 1.59. The first-order valence-electron chi connectivity index (χ1n) is 4.35. The van der Waals surface area contributed by atoms with Crippen LogP contribution in [0.15, 0.2) is 18.2 Å². The number of hydrogen-bond acceptors (Lipinski definition) is 2. The highest BCUT2D eigenvalue weighted by molar-refractivity contribution is 5.85. The van der Waals surface area contributed by atoms with E-state index in [4.69, 9.17) is 10.8 Å². The lowest BCUT2D eigenvalue weighted by Crippen LogP contribution is -2.19. The first-order chi connectivity index (χ1) is 6.56. The molecule has 1 aromatic rings. The zero-order valence-corrected chi connectivity index (χ0v) is 7.46. The Kier molecular flexibility index (Phi) is 1.74. The van der Waals surface area contributed by atoms with Gasteiger partial charge in [0.15, 0.2) is 0 Å². The van der Waals surface area contributed by atoms with E-state index in [9.17, 15) is 9.18 Å². The first kappa shape index (κ1) is 8.99. The van der Waals surface area contributed by atoms with Gasteiger partial charge in [0.2, 0.25) is 0 Å². The van der Waals surface area contributed by atoms with Gasteiger partial charge in [0, 0.05) is 0 Å². The molecule has 0 aromatic heterocycles. The average molecular weight is 195 g/mol. The number of nitrogen functional groups attached to an aromatic ring is 1. The molecule has 0 atom stereocenters. The maximum absolute atomic E-state index is 12.8. The number of halogens is 1. The Bertz CT molecular complexity index is 399. The van der Waals surface area contributed by atoms with Crippen molar-refractivity contribution in [2.45, 2.75) is 18.3 Å². The molecule has 3 N–H and O–H groups in total. The van der Waals surface area contributed by atoms with Gasteiger partial charge in [0.25, 0.3) is 0 Å². The molecule has 0 bridgehead atoms. The van der Waals surface area contributed by atoms with Crippen LogP contribution in [0.1, 0.15) is 18.4 Å². The first-order valence-corrected chi connectivity index (χ1v) is 4.35. The highest BCUT2D eigenvalue weighted by atomic mass is 19.1. The van der Waals surface area contributed by atoms with Crippen molar-refractivity contribution < 1.29 is 14.3 Å². The van der Waals surface area contributed by atoms with Gasteiger partial charge in [0.1, 0.15) is 5.82 Å². The minimum atomic E-state index is -0.858. The molecule has 4 heteroatoms. The van der Waals surface area contributed by atoms with Gasteiger partial charge in [-0.25, -0.2) is 4.39 Å². The molecule has 74 valence electrons. The summed E-state index contributed by atoms with van der Waals surface area (Å²) in [5.41, 5.74) is 5.18. The minimum Gasteiger partial charge on any atom is -0.481 e. The molecule has 0 spiro atoms. The fourth-order valence-corrected chi connectivity index (χ4v) is 1.59. The molecule has 1 aliphatic carbocycles. The lowest BCUT2D eigenvalue weighted by Gasteiger charge is -2.10. The maximum atomic E-state index is 12.8. The van der Waals surface area contributed by atoms with Crippen LogP contribution in [0, 0.1) is 5.82 Å². The largest absolute Gasteiger partial charge is 0.481 e. The Labute approximate surface area is 80.3 Å². The molecule has 0 saturated heterocycles. The topological polar surface area (TPSA) is 63.3 Å². The van der Waals surface area contributed by atoms with E-state index in [0.29, 0.717) is 18.4 Å². The fraction of sp³-hybridized carbons (Fsp3) is 0.300. The summed E-state index contributed by atoms with van der Waals surface area (Å²) in [5, 5.41) is 8.98. The van der Waals surface area contributed by atoms with Crippen molar-refractivity contribution in [2.75, 3.05) is 5.73 Å². The average Bonchev–Trinajstić information content (AvgIpc) is 2.90. The van der Waals surface area contributed by atoms with Gasteiger partial charge in [-0.1, -0.05) is 6.07 Å². The predicted molar refractivity (Wildman–Crippen MR) is 49.4 cm³/mol. The zero-order chi connectivity index (χ0) is 10.3. The van der Waals surface area contributed by atoms with Crippen LogP contribution in [0.4, 0.5) is 10.1 Å². The van der Waals surface area contributed by atoms with Crippen LogP contribution in [-0.4, -0.2) is 11.1 Å². The Morgan fingerprint density at radius 2 is 2.14 bits per heavy atom. The van der Waals surface area contributed by atoms with Crippen LogP contribution in [0.25, 0.3) is 0 Å². The van der Waals surface area contributed by atoms with E-state index >= 15 is 0 Å². The summed E-state index contributed by atoms with van der Waals surface area (Å²) in [5.74, 6) is -1.36. The van der Waals surface area contributed by atoms with Crippen LogP contribution in [0.2, 0.25) is 0 Å². The molecule has 0 heterocycles. The molecule has 0 radical (unpaired) electrons. The van der Waals surface area contributed by atoms with Crippen molar-refractivity contribution in [1.29, 1.82) is 0 Å². The minimum absolute atomic E-state index is 0.00928. The van der Waals surface area contributed by atoms with Crippen molar-refractivity contribution >= 4 is 11.7 Å². The standard InChI is InChI=1S/C10H10FNO2/c11-7-2-1-6(5-8(7)12)10(3-4-10)9(13)14/h1-2,5H,3-4,12H2,(H,13,14). The number of nitrogens with two attached hydrogens (primary N) is 1. The van der Waals surface area contributed by atoms with E-state index in [1.165, 1.54) is 18.2 Å². The van der Waals surface area contributed by atoms with Crippen LogP contribution >= 0.6 is 0 Å². The van der Waals surface area contributed by atoms with Crippen molar-refractivity contribution in [2.24, 2.45) is 0 Å². The van der Waals surface area contributed by atoms with Crippen molar-refractivity contribution in [3.05, 3.63) is 29.6 Å². The molecule has 0 amide bonds. The lowest BCUT2D eigenvalue weighted by atomic mass is 9.96. The molecule has 1 aromatic carbocycles. The van der Waals surface area contributed by atoms with Gasteiger partial charge in [0.05, 0.1) is 11.1 Å². The van der Waals surface area contributed by atoms with Gasteiger partial charge in [-0.05, 0) is 30.5 Å². The summed E-state index contributed by atoms with van der Waals surface area (Å²) in [7, 11) is 0. The van der Waals surface area contributed by atoms with Crippen LogP contribution in [-0.2, 0) is 10.2 Å². The quantitative estimate of drug-likeness (QED) is 0.703. The third-order valence-corrected chi connectivity index (χ3v) is 2.71. The SMILES string of the molecule is Nc1cc(C2(C(=O)O)CC2)ccc1F. The van der Waals surface area contributed by atoms with Crippen molar-refractivity contribution in [3.63, 3.8) is 0 Å². The molecule has 1 saturated carbocycles. The number of hydrogen-bond donors (Lipinski definition) is 2. The summed E-state index contributed by atoms with van der Waals surface area (Å²) in [6.45, 7) is 0. The van der Waals surface area contributed by atoms with E-state index in [1.54, 1.807) is 0 Å². The zero-order valence-electron chi connectivity index (χ0n) is 7.46. The van der Waals surface area contributed by atoms with E-state index in [-0.39, 0.29) is 5.69 Å². The monoisotopic (exact) mass is 195 g/mol. The van der Waals surface area contributed by atoms with Gasteiger partial charge in [-0.3, -0.25) is 4.79 Å². The number of aliphatic carboxylic acids is 1.